The molecule has 8 heteroatoms. The number of H-pyrrole nitrogens is 1. The van der Waals surface area contributed by atoms with Gasteiger partial charge in [0.05, 0.1) is 13.3 Å². The number of para-hydroxylation sites is 1. The van der Waals surface area contributed by atoms with E-state index in [-0.39, 0.29) is 11.6 Å². The van der Waals surface area contributed by atoms with Crippen molar-refractivity contribution in [1.29, 1.82) is 0 Å². The predicted octanol–water partition coefficient (Wildman–Crippen LogP) is 0.283. The molecule has 1 amide bonds. The van der Waals surface area contributed by atoms with E-state index in [1.165, 1.54) is 19.7 Å². The number of benzene rings is 1. The number of hydrogen-bond acceptors (Lipinski definition) is 6. The van der Waals surface area contributed by atoms with Gasteiger partial charge in [0, 0.05) is 5.56 Å². The van der Waals surface area contributed by atoms with Crippen LogP contribution in [0.25, 0.3) is 0 Å². The maximum atomic E-state index is 11.5. The van der Waals surface area contributed by atoms with E-state index in [4.69, 9.17) is 4.74 Å². The maximum absolute atomic E-state index is 11.5. The number of rotatable bonds is 4. The molecule has 0 saturated carbocycles. The highest BCUT2D eigenvalue weighted by Gasteiger charge is 2.07. The Bertz CT molecular complexity index is 594. The van der Waals surface area contributed by atoms with E-state index in [9.17, 15) is 9.90 Å². The van der Waals surface area contributed by atoms with Crippen LogP contribution in [0.4, 0.5) is 0 Å². The molecule has 0 radical (unpaired) electrons. The highest BCUT2D eigenvalue weighted by molar-refractivity contribution is 5.91. The minimum absolute atomic E-state index is 0.0482. The Labute approximate surface area is 108 Å². The predicted molar refractivity (Wildman–Crippen MR) is 66.1 cm³/mol. The van der Waals surface area contributed by atoms with Gasteiger partial charge in [-0.25, -0.2) is 10.4 Å². The van der Waals surface area contributed by atoms with E-state index < -0.39 is 5.91 Å². The lowest BCUT2D eigenvalue weighted by Gasteiger charge is -2.04. The van der Waals surface area contributed by atoms with Gasteiger partial charge in [0.25, 0.3) is 0 Å². The first kappa shape index (κ1) is 12.6. The lowest BCUT2D eigenvalue weighted by atomic mass is 10.2. The monoisotopic (exact) mass is 261 g/mol. The topological polar surface area (TPSA) is 112 Å². The van der Waals surface area contributed by atoms with E-state index in [0.29, 0.717) is 11.3 Å². The number of hydrogen-bond donors (Lipinski definition) is 3. The van der Waals surface area contributed by atoms with Crippen LogP contribution in [0.5, 0.6) is 11.5 Å². The minimum atomic E-state index is -0.531. The van der Waals surface area contributed by atoms with Crippen LogP contribution >= 0.6 is 0 Å². The number of aromatic hydroxyl groups is 1. The average Bonchev–Trinajstić information content (AvgIpc) is 2.94. The summed E-state index contributed by atoms with van der Waals surface area (Å²) in [5, 5.41) is 19.4. The highest BCUT2D eigenvalue weighted by atomic mass is 16.5. The molecule has 0 aliphatic heterocycles. The largest absolute Gasteiger partial charge is 0.504 e. The van der Waals surface area contributed by atoms with E-state index in [2.05, 4.69) is 25.7 Å². The van der Waals surface area contributed by atoms with Crippen LogP contribution in [-0.2, 0) is 0 Å². The third-order valence-electron chi connectivity index (χ3n) is 2.25. The van der Waals surface area contributed by atoms with Crippen molar-refractivity contribution in [3.8, 4) is 11.5 Å². The number of methoxy groups -OCH3 is 1. The Morgan fingerprint density at radius 3 is 3.11 bits per heavy atom. The second kappa shape index (κ2) is 5.63. The van der Waals surface area contributed by atoms with Crippen molar-refractivity contribution < 1.29 is 14.6 Å². The summed E-state index contributed by atoms with van der Waals surface area (Å²) >= 11 is 0. The van der Waals surface area contributed by atoms with Crippen molar-refractivity contribution in [2.24, 2.45) is 5.10 Å². The molecular weight excluding hydrogens is 250 g/mol. The molecule has 0 saturated heterocycles. The summed E-state index contributed by atoms with van der Waals surface area (Å²) in [6.45, 7) is 0. The summed E-state index contributed by atoms with van der Waals surface area (Å²) in [6.07, 6.45) is 2.51. The Balaban J connectivity index is 2.05. The number of aromatic amines is 1. The zero-order valence-electron chi connectivity index (χ0n) is 9.99. The Morgan fingerprint density at radius 2 is 2.42 bits per heavy atom. The van der Waals surface area contributed by atoms with Crippen LogP contribution in [0.15, 0.2) is 29.6 Å². The summed E-state index contributed by atoms with van der Waals surface area (Å²) in [7, 11) is 1.45. The third kappa shape index (κ3) is 2.86. The van der Waals surface area contributed by atoms with Crippen molar-refractivity contribution in [2.45, 2.75) is 0 Å². The number of nitrogens with one attached hydrogen (secondary N) is 2. The van der Waals surface area contributed by atoms with Crippen LogP contribution in [0, 0.1) is 0 Å². The van der Waals surface area contributed by atoms with Gasteiger partial charge in [-0.1, -0.05) is 6.07 Å². The summed E-state index contributed by atoms with van der Waals surface area (Å²) in [5.41, 5.74) is 2.66. The van der Waals surface area contributed by atoms with Gasteiger partial charge in [0.1, 0.15) is 6.33 Å². The average molecular weight is 261 g/mol. The normalized spacial score (nSPS) is 10.6. The van der Waals surface area contributed by atoms with E-state index in [1.807, 2.05) is 0 Å². The lowest BCUT2D eigenvalue weighted by Crippen LogP contribution is -2.19. The maximum Gasteiger partial charge on any atom is 0.308 e. The first-order valence-electron chi connectivity index (χ1n) is 5.27. The Morgan fingerprint density at radius 1 is 1.58 bits per heavy atom. The van der Waals surface area contributed by atoms with Crippen molar-refractivity contribution in [3.05, 3.63) is 35.9 Å². The molecule has 1 aromatic heterocycles. The second-order valence-corrected chi connectivity index (χ2v) is 3.43. The first-order chi connectivity index (χ1) is 9.22. The van der Waals surface area contributed by atoms with Gasteiger partial charge in [-0.3, -0.25) is 9.89 Å². The van der Waals surface area contributed by atoms with Crippen molar-refractivity contribution >= 4 is 12.1 Å². The molecule has 19 heavy (non-hydrogen) atoms. The van der Waals surface area contributed by atoms with Crippen LogP contribution in [0.3, 0.4) is 0 Å². The van der Waals surface area contributed by atoms with Gasteiger partial charge in [-0.15, -0.1) is 0 Å². The number of carbonyl (C=O) groups is 1. The number of phenolic OH excluding ortho intramolecular Hbond substituents is 1. The number of aromatic nitrogens is 3. The fourth-order valence-electron chi connectivity index (χ4n) is 1.34. The fourth-order valence-corrected chi connectivity index (χ4v) is 1.34. The molecule has 0 atom stereocenters. The molecule has 0 aliphatic carbocycles. The van der Waals surface area contributed by atoms with Crippen molar-refractivity contribution in [1.82, 2.24) is 20.6 Å². The van der Waals surface area contributed by atoms with E-state index >= 15 is 0 Å². The Kier molecular flexibility index (Phi) is 3.72. The van der Waals surface area contributed by atoms with Crippen molar-refractivity contribution in [3.63, 3.8) is 0 Å². The molecular formula is C11H11N5O3. The second-order valence-electron chi connectivity index (χ2n) is 3.43. The van der Waals surface area contributed by atoms with E-state index in [0.717, 1.165) is 0 Å². The highest BCUT2D eigenvalue weighted by Crippen LogP contribution is 2.27. The summed E-state index contributed by atoms with van der Waals surface area (Å²) in [4.78, 5) is 15.1. The molecule has 0 bridgehead atoms. The molecule has 2 rings (SSSR count). The molecule has 0 fully saturated rings. The zero-order valence-corrected chi connectivity index (χ0v) is 9.99. The molecule has 0 spiro atoms. The van der Waals surface area contributed by atoms with Crippen LogP contribution in [0.2, 0.25) is 0 Å². The number of phenols is 1. The Hall–Kier alpha value is -2.90. The molecule has 2 aromatic rings. The summed E-state index contributed by atoms with van der Waals surface area (Å²) < 4.78 is 4.95. The van der Waals surface area contributed by atoms with Gasteiger partial charge in [0.2, 0.25) is 5.82 Å². The molecule has 1 aromatic carbocycles. The molecule has 98 valence electrons. The third-order valence-corrected chi connectivity index (χ3v) is 2.25. The standard InChI is InChI=1S/C11H11N5O3/c1-19-8-4-2-3-7(9(8)17)5-13-16-11(18)10-12-6-14-15-10/h2-6,17H,1H3,(H,16,18)(H,12,14,15)/b13-5+. The van der Waals surface area contributed by atoms with Gasteiger partial charge in [-0.2, -0.15) is 10.2 Å². The molecule has 1 heterocycles. The number of hydrazone groups is 1. The number of amides is 1. The fraction of sp³-hybridized carbons (Fsp3) is 0.0909. The zero-order chi connectivity index (χ0) is 13.7. The van der Waals surface area contributed by atoms with Gasteiger partial charge in [0.15, 0.2) is 11.5 Å². The van der Waals surface area contributed by atoms with Gasteiger partial charge >= 0.3 is 5.91 Å². The minimum Gasteiger partial charge on any atom is -0.504 e. The molecule has 0 unspecified atom stereocenters. The van der Waals surface area contributed by atoms with Gasteiger partial charge < -0.3 is 9.84 Å². The SMILES string of the molecule is COc1cccc(/C=N/NC(=O)c2ncn[nH]2)c1O. The number of carbonyl (C=O) groups excluding carboxylic acids is 1. The number of nitrogens with zero attached hydrogens (tertiary/aromatic N) is 3. The van der Waals surface area contributed by atoms with E-state index in [1.54, 1.807) is 18.2 Å². The number of ether oxygens (including phenoxy) is 1. The summed E-state index contributed by atoms with van der Waals surface area (Å²) in [6, 6.07) is 4.93. The van der Waals surface area contributed by atoms with Crippen LogP contribution < -0.4 is 10.2 Å². The lowest BCUT2D eigenvalue weighted by molar-refractivity contribution is 0.0945. The quantitative estimate of drug-likeness (QED) is 0.540. The van der Waals surface area contributed by atoms with Crippen molar-refractivity contribution in [2.75, 3.05) is 7.11 Å². The molecule has 3 N–H and O–H groups in total. The molecule has 0 aliphatic rings. The first-order valence-corrected chi connectivity index (χ1v) is 5.27. The van der Waals surface area contributed by atoms with Crippen LogP contribution in [-0.4, -0.2) is 39.5 Å². The summed E-state index contributed by atoms with van der Waals surface area (Å²) in [5.74, 6) is -0.212. The van der Waals surface area contributed by atoms with Gasteiger partial charge in [-0.05, 0) is 12.1 Å². The smallest absolute Gasteiger partial charge is 0.308 e. The molecule has 8 nitrogen and oxygen atoms in total. The van der Waals surface area contributed by atoms with Crippen LogP contribution in [0.1, 0.15) is 16.2 Å².